The van der Waals surface area contributed by atoms with Crippen LogP contribution in [0.5, 0.6) is 0 Å². The SMILES string of the molecule is Cc1csc(Sc2ccc(NC(=O)CCc3nc4ccccc4c(=O)n3C3CC3)c(C)c2)n1. The molecule has 4 aromatic rings. The van der Waals surface area contributed by atoms with Gasteiger partial charge in [0.2, 0.25) is 5.91 Å². The van der Waals surface area contributed by atoms with Gasteiger partial charge >= 0.3 is 0 Å². The number of aryl methyl sites for hydroxylation is 3. The number of hydrogen-bond acceptors (Lipinski definition) is 6. The Morgan fingerprint density at radius 2 is 2.00 bits per heavy atom. The molecule has 1 N–H and O–H groups in total. The summed E-state index contributed by atoms with van der Waals surface area (Å²) in [6.07, 6.45) is 2.68. The Bertz CT molecular complexity index is 1410. The number of rotatable bonds is 7. The highest BCUT2D eigenvalue weighted by Gasteiger charge is 2.28. The second-order valence-corrected chi connectivity index (χ2v) is 10.5. The fraction of sp³-hybridized carbons (Fsp3) is 0.280. The minimum absolute atomic E-state index is 0.00198. The van der Waals surface area contributed by atoms with Gasteiger partial charge in [0.1, 0.15) is 5.82 Å². The van der Waals surface area contributed by atoms with Crippen molar-refractivity contribution in [2.75, 3.05) is 5.32 Å². The molecule has 2 aromatic heterocycles. The van der Waals surface area contributed by atoms with Crippen molar-refractivity contribution in [3.8, 4) is 0 Å². The summed E-state index contributed by atoms with van der Waals surface area (Å²) in [7, 11) is 0. The first-order chi connectivity index (χ1) is 16.0. The van der Waals surface area contributed by atoms with E-state index in [1.807, 2.05) is 55.6 Å². The predicted octanol–water partition coefficient (Wildman–Crippen LogP) is 5.53. The Hall–Kier alpha value is -2.97. The molecule has 0 radical (unpaired) electrons. The van der Waals surface area contributed by atoms with Crippen molar-refractivity contribution in [1.82, 2.24) is 14.5 Å². The van der Waals surface area contributed by atoms with Crippen molar-refractivity contribution < 1.29 is 4.79 Å². The van der Waals surface area contributed by atoms with Crippen molar-refractivity contribution in [3.05, 3.63) is 75.3 Å². The second-order valence-electron chi connectivity index (χ2n) is 8.33. The van der Waals surface area contributed by atoms with Crippen molar-refractivity contribution in [3.63, 3.8) is 0 Å². The van der Waals surface area contributed by atoms with Crippen molar-refractivity contribution in [1.29, 1.82) is 0 Å². The molecule has 168 valence electrons. The van der Waals surface area contributed by atoms with Gasteiger partial charge in [0.15, 0.2) is 4.34 Å². The van der Waals surface area contributed by atoms with Crippen LogP contribution in [-0.2, 0) is 11.2 Å². The van der Waals surface area contributed by atoms with E-state index in [1.165, 1.54) is 0 Å². The van der Waals surface area contributed by atoms with Crippen LogP contribution in [0.2, 0.25) is 0 Å². The molecule has 0 spiro atoms. The van der Waals surface area contributed by atoms with E-state index >= 15 is 0 Å². The summed E-state index contributed by atoms with van der Waals surface area (Å²) in [4.78, 5) is 36.0. The van der Waals surface area contributed by atoms with E-state index in [0.29, 0.717) is 23.1 Å². The number of nitrogens with zero attached hydrogens (tertiary/aromatic N) is 3. The van der Waals surface area contributed by atoms with E-state index in [1.54, 1.807) is 27.7 Å². The lowest BCUT2D eigenvalue weighted by molar-refractivity contribution is -0.116. The fourth-order valence-corrected chi connectivity index (χ4v) is 5.74. The van der Waals surface area contributed by atoms with Crippen LogP contribution in [0.4, 0.5) is 5.69 Å². The largest absolute Gasteiger partial charge is 0.326 e. The van der Waals surface area contributed by atoms with Gasteiger partial charge in [-0.05, 0) is 62.6 Å². The summed E-state index contributed by atoms with van der Waals surface area (Å²) in [5, 5.41) is 5.69. The number of hydrogen-bond donors (Lipinski definition) is 1. The summed E-state index contributed by atoms with van der Waals surface area (Å²) < 4.78 is 2.81. The molecular weight excluding hydrogens is 452 g/mol. The van der Waals surface area contributed by atoms with Gasteiger partial charge in [-0.2, -0.15) is 0 Å². The van der Waals surface area contributed by atoms with Gasteiger partial charge in [-0.1, -0.05) is 23.9 Å². The molecule has 0 saturated heterocycles. The van der Waals surface area contributed by atoms with E-state index in [2.05, 4.69) is 16.4 Å². The van der Waals surface area contributed by atoms with Crippen molar-refractivity contribution in [2.24, 2.45) is 0 Å². The molecule has 0 atom stereocenters. The molecule has 33 heavy (non-hydrogen) atoms. The first-order valence-electron chi connectivity index (χ1n) is 11.0. The van der Waals surface area contributed by atoms with Gasteiger partial charge in [0.05, 0.1) is 10.9 Å². The summed E-state index contributed by atoms with van der Waals surface area (Å²) in [6.45, 7) is 3.98. The zero-order valence-electron chi connectivity index (χ0n) is 18.5. The highest BCUT2D eigenvalue weighted by atomic mass is 32.2. The average Bonchev–Trinajstić information content (AvgIpc) is 3.55. The van der Waals surface area contributed by atoms with Crippen LogP contribution in [0.1, 0.15) is 42.4 Å². The Labute approximate surface area is 200 Å². The number of amides is 1. The van der Waals surface area contributed by atoms with E-state index < -0.39 is 0 Å². The van der Waals surface area contributed by atoms with Gasteiger partial charge in [-0.25, -0.2) is 9.97 Å². The summed E-state index contributed by atoms with van der Waals surface area (Å²) in [5.41, 5.74) is 3.51. The molecule has 0 unspecified atom stereocenters. The Kier molecular flexibility index (Phi) is 6.03. The first kappa shape index (κ1) is 21.9. The van der Waals surface area contributed by atoms with E-state index in [4.69, 9.17) is 4.98 Å². The highest BCUT2D eigenvalue weighted by Crippen LogP contribution is 2.35. The normalized spacial score (nSPS) is 13.4. The summed E-state index contributed by atoms with van der Waals surface area (Å²) >= 11 is 3.25. The number of aromatic nitrogens is 3. The van der Waals surface area contributed by atoms with Gasteiger partial charge in [-0.3, -0.25) is 14.2 Å². The second kappa shape index (κ2) is 9.11. The van der Waals surface area contributed by atoms with Crippen LogP contribution in [0.3, 0.4) is 0 Å². The van der Waals surface area contributed by atoms with Crippen molar-refractivity contribution >= 4 is 45.6 Å². The predicted molar refractivity (Wildman–Crippen MR) is 133 cm³/mol. The molecule has 1 saturated carbocycles. The Morgan fingerprint density at radius 1 is 1.18 bits per heavy atom. The molecule has 1 amide bonds. The van der Waals surface area contributed by atoms with Gasteiger partial charge in [0, 0.05) is 40.5 Å². The van der Waals surface area contributed by atoms with Crippen LogP contribution in [0.15, 0.2) is 61.9 Å². The number of nitrogens with one attached hydrogen (secondary N) is 1. The van der Waals surface area contributed by atoms with Gasteiger partial charge in [0.25, 0.3) is 5.56 Å². The van der Waals surface area contributed by atoms with Crippen LogP contribution in [0.25, 0.3) is 10.9 Å². The van der Waals surface area contributed by atoms with Gasteiger partial charge in [-0.15, -0.1) is 11.3 Å². The molecular formula is C25H24N4O2S2. The van der Waals surface area contributed by atoms with Crippen LogP contribution >= 0.6 is 23.1 Å². The lowest BCUT2D eigenvalue weighted by Gasteiger charge is -2.13. The minimum Gasteiger partial charge on any atom is -0.326 e. The zero-order valence-corrected chi connectivity index (χ0v) is 20.1. The number of para-hydroxylation sites is 1. The Morgan fingerprint density at radius 3 is 2.73 bits per heavy atom. The monoisotopic (exact) mass is 476 g/mol. The molecule has 5 rings (SSSR count). The summed E-state index contributed by atoms with van der Waals surface area (Å²) in [6, 6.07) is 13.6. The number of fused-ring (bicyclic) bond motifs is 1. The molecule has 1 fully saturated rings. The van der Waals surface area contributed by atoms with E-state index in [0.717, 1.165) is 39.0 Å². The van der Waals surface area contributed by atoms with Crippen LogP contribution in [-0.4, -0.2) is 20.4 Å². The third-order valence-corrected chi connectivity index (χ3v) is 7.69. The molecule has 1 aliphatic rings. The molecule has 2 heterocycles. The van der Waals surface area contributed by atoms with Crippen molar-refractivity contribution in [2.45, 2.75) is 54.8 Å². The summed E-state index contributed by atoms with van der Waals surface area (Å²) in [5.74, 6) is 0.609. The number of carbonyl (C=O) groups excluding carboxylic acids is 1. The molecule has 8 heteroatoms. The Balaban J connectivity index is 1.28. The minimum atomic E-state index is -0.0844. The quantitative estimate of drug-likeness (QED) is 0.380. The van der Waals surface area contributed by atoms with Crippen LogP contribution in [0, 0.1) is 13.8 Å². The molecule has 0 bridgehead atoms. The topological polar surface area (TPSA) is 76.9 Å². The number of anilines is 1. The third kappa shape index (κ3) is 4.86. The number of thiazole rings is 1. The third-order valence-electron chi connectivity index (χ3n) is 5.64. The smallest absolute Gasteiger partial charge is 0.261 e. The first-order valence-corrected chi connectivity index (χ1v) is 12.7. The molecule has 2 aromatic carbocycles. The van der Waals surface area contributed by atoms with Crippen LogP contribution < -0.4 is 10.9 Å². The lowest BCUT2D eigenvalue weighted by atomic mass is 10.2. The fourth-order valence-electron chi connectivity index (χ4n) is 3.84. The van der Waals surface area contributed by atoms with Gasteiger partial charge < -0.3 is 5.32 Å². The molecule has 6 nitrogen and oxygen atoms in total. The number of carbonyl (C=O) groups is 1. The standard InChI is InChI=1S/C25H24N4O2S2/c1-15-13-18(33-25-26-16(2)14-32-25)9-10-20(15)28-23(30)12-11-22-27-21-6-4-3-5-19(21)24(31)29(22)17-7-8-17/h3-6,9-10,13-14,17H,7-8,11-12H2,1-2H3,(H,28,30). The molecule has 1 aliphatic carbocycles. The highest BCUT2D eigenvalue weighted by molar-refractivity contribution is 8.01. The molecule has 0 aliphatic heterocycles. The van der Waals surface area contributed by atoms with E-state index in [-0.39, 0.29) is 23.9 Å². The maximum Gasteiger partial charge on any atom is 0.261 e. The van der Waals surface area contributed by atoms with E-state index in [9.17, 15) is 9.59 Å². The number of benzene rings is 2. The average molecular weight is 477 g/mol. The zero-order chi connectivity index (χ0) is 22.9. The lowest BCUT2D eigenvalue weighted by Crippen LogP contribution is -2.25. The maximum atomic E-state index is 13.0. The maximum absolute atomic E-state index is 13.0.